The van der Waals surface area contributed by atoms with Gasteiger partial charge in [0.2, 0.25) is 11.8 Å². The Balaban J connectivity index is 1.85. The number of anilines is 1. The quantitative estimate of drug-likeness (QED) is 0.532. The number of ketones is 1. The normalized spacial score (nSPS) is 11.1. The molecule has 0 saturated carbocycles. The van der Waals surface area contributed by atoms with Crippen LogP contribution in [0.15, 0.2) is 41.3 Å². The van der Waals surface area contributed by atoms with E-state index < -0.39 is 5.41 Å². The molecule has 2 amide bonds. The van der Waals surface area contributed by atoms with Crippen LogP contribution in [0.2, 0.25) is 0 Å². The number of hydrogen-bond acceptors (Lipinski definition) is 5. The summed E-state index contributed by atoms with van der Waals surface area (Å²) in [5, 5.41) is 5.60. The molecule has 0 aliphatic rings. The molecule has 1 aromatic heterocycles. The number of thioether (sulfide) groups is 1. The van der Waals surface area contributed by atoms with E-state index in [9.17, 15) is 14.4 Å². The lowest BCUT2D eigenvalue weighted by molar-refractivity contribution is -0.128. The second kappa shape index (κ2) is 9.19. The molecule has 2 N–H and O–H groups in total. The summed E-state index contributed by atoms with van der Waals surface area (Å²) in [7, 11) is 0. The molecule has 5 nitrogen and oxygen atoms in total. The summed E-state index contributed by atoms with van der Waals surface area (Å²) in [5.74, 6) is 0.275. The van der Waals surface area contributed by atoms with Crippen molar-refractivity contribution >= 4 is 46.4 Å². The van der Waals surface area contributed by atoms with E-state index >= 15 is 0 Å². The molecular formula is C20H24N2O3S2. The molecule has 1 aromatic carbocycles. The van der Waals surface area contributed by atoms with Gasteiger partial charge in [0, 0.05) is 27.8 Å². The van der Waals surface area contributed by atoms with Crippen molar-refractivity contribution in [3.05, 3.63) is 46.2 Å². The average molecular weight is 405 g/mol. The fourth-order valence-corrected chi connectivity index (χ4v) is 3.87. The monoisotopic (exact) mass is 404 g/mol. The minimum Gasteiger partial charge on any atom is -0.351 e. The van der Waals surface area contributed by atoms with Crippen LogP contribution >= 0.6 is 23.1 Å². The fraction of sp³-hybridized carbons (Fsp3) is 0.350. The third kappa shape index (κ3) is 6.84. The topological polar surface area (TPSA) is 75.3 Å². The Kier molecular flexibility index (Phi) is 7.21. The van der Waals surface area contributed by atoms with E-state index in [2.05, 4.69) is 10.6 Å². The maximum Gasteiger partial charge on any atom is 0.225 e. The zero-order chi connectivity index (χ0) is 20.0. The number of thiophene rings is 1. The van der Waals surface area contributed by atoms with Gasteiger partial charge < -0.3 is 10.6 Å². The summed E-state index contributed by atoms with van der Waals surface area (Å²) in [5.41, 5.74) is 0.306. The van der Waals surface area contributed by atoms with Crippen LogP contribution in [0, 0.1) is 5.41 Å². The van der Waals surface area contributed by atoms with E-state index in [1.165, 1.54) is 30.0 Å². The average Bonchev–Trinajstić information content (AvgIpc) is 3.06. The molecule has 27 heavy (non-hydrogen) atoms. The van der Waals surface area contributed by atoms with Crippen molar-refractivity contribution in [3.8, 4) is 0 Å². The van der Waals surface area contributed by atoms with Gasteiger partial charge in [-0.1, -0.05) is 20.8 Å². The Bertz CT molecular complexity index is 820. The fourth-order valence-electron chi connectivity index (χ4n) is 2.11. The van der Waals surface area contributed by atoms with Gasteiger partial charge in [-0.05, 0) is 36.4 Å². The molecule has 0 aliphatic heterocycles. The summed E-state index contributed by atoms with van der Waals surface area (Å²) >= 11 is 2.87. The van der Waals surface area contributed by atoms with Crippen LogP contribution in [0.25, 0.3) is 0 Å². The first-order valence-corrected chi connectivity index (χ1v) is 10.4. The van der Waals surface area contributed by atoms with E-state index in [4.69, 9.17) is 0 Å². The first-order chi connectivity index (χ1) is 12.6. The number of carbonyl (C=O) groups excluding carboxylic acids is 3. The minimum absolute atomic E-state index is 0.0120. The Morgan fingerprint density at radius 2 is 1.70 bits per heavy atom. The molecule has 7 heteroatoms. The zero-order valence-electron chi connectivity index (χ0n) is 15.9. The molecule has 0 spiro atoms. The molecule has 0 radical (unpaired) electrons. The van der Waals surface area contributed by atoms with Crippen molar-refractivity contribution in [3.63, 3.8) is 0 Å². The highest BCUT2D eigenvalue weighted by Crippen LogP contribution is 2.24. The Morgan fingerprint density at radius 1 is 1.04 bits per heavy atom. The largest absolute Gasteiger partial charge is 0.351 e. The summed E-state index contributed by atoms with van der Waals surface area (Å²) in [6, 6.07) is 11.1. The Morgan fingerprint density at radius 3 is 2.30 bits per heavy atom. The number of nitrogens with one attached hydrogen (secondary N) is 2. The lowest BCUT2D eigenvalue weighted by atomic mass is 9.96. The van der Waals surface area contributed by atoms with Crippen LogP contribution in [0.1, 0.15) is 42.2 Å². The first kappa shape index (κ1) is 21.2. The van der Waals surface area contributed by atoms with Crippen molar-refractivity contribution in [2.75, 3.05) is 11.1 Å². The molecule has 2 aromatic rings. The maximum atomic E-state index is 12.4. The number of Topliss-reactive ketones (excluding diaryl/α,β-unsaturated/α-hetero) is 1. The Hall–Kier alpha value is -2.12. The number of amides is 2. The van der Waals surface area contributed by atoms with E-state index in [0.717, 1.165) is 15.5 Å². The summed E-state index contributed by atoms with van der Waals surface area (Å²) in [6.07, 6.45) is 0. The van der Waals surface area contributed by atoms with Crippen molar-refractivity contribution in [2.45, 2.75) is 39.1 Å². The van der Waals surface area contributed by atoms with Crippen molar-refractivity contribution < 1.29 is 14.4 Å². The number of rotatable bonds is 7. The van der Waals surface area contributed by atoms with E-state index in [1.54, 1.807) is 0 Å². The number of hydrogen-bond donors (Lipinski definition) is 2. The minimum atomic E-state index is -0.429. The molecular weight excluding hydrogens is 380 g/mol. The summed E-state index contributed by atoms with van der Waals surface area (Å²) in [6.45, 7) is 7.50. The standard InChI is InChI=1S/C20H24N2O3S2/c1-13(23)22-14-5-7-15(8-6-14)26-12-17(24)18-10-9-16(27-18)11-21-19(25)20(2,3)4/h5-10H,11-12H2,1-4H3,(H,21,25)(H,22,23). The second-order valence-corrected chi connectivity index (χ2v) is 9.33. The van der Waals surface area contributed by atoms with Crippen LogP contribution < -0.4 is 10.6 Å². The van der Waals surface area contributed by atoms with Gasteiger partial charge >= 0.3 is 0 Å². The summed E-state index contributed by atoms with van der Waals surface area (Å²) in [4.78, 5) is 37.9. The predicted octanol–water partition coefficient (Wildman–Crippen LogP) is 4.34. The van der Waals surface area contributed by atoms with Gasteiger partial charge in [0.1, 0.15) is 0 Å². The van der Waals surface area contributed by atoms with Crippen LogP contribution in [0.5, 0.6) is 0 Å². The lowest BCUT2D eigenvalue weighted by Gasteiger charge is -2.17. The van der Waals surface area contributed by atoms with Crippen LogP contribution in [-0.4, -0.2) is 23.4 Å². The first-order valence-electron chi connectivity index (χ1n) is 8.56. The zero-order valence-corrected chi connectivity index (χ0v) is 17.6. The van der Waals surface area contributed by atoms with Gasteiger partial charge in [-0.15, -0.1) is 23.1 Å². The van der Waals surface area contributed by atoms with E-state index in [0.29, 0.717) is 17.2 Å². The van der Waals surface area contributed by atoms with Gasteiger partial charge in [0.25, 0.3) is 0 Å². The molecule has 0 unspecified atom stereocenters. The van der Waals surface area contributed by atoms with Gasteiger partial charge in [0.05, 0.1) is 17.2 Å². The van der Waals surface area contributed by atoms with Crippen molar-refractivity contribution in [1.29, 1.82) is 0 Å². The Labute approximate surface area is 167 Å². The molecule has 2 rings (SSSR count). The molecule has 1 heterocycles. The van der Waals surface area contributed by atoms with Crippen LogP contribution in [0.3, 0.4) is 0 Å². The SMILES string of the molecule is CC(=O)Nc1ccc(SCC(=O)c2ccc(CNC(=O)C(C)(C)C)s2)cc1. The van der Waals surface area contributed by atoms with Gasteiger partial charge in [0.15, 0.2) is 5.78 Å². The summed E-state index contributed by atoms with van der Waals surface area (Å²) < 4.78 is 0. The van der Waals surface area contributed by atoms with Gasteiger partial charge in [-0.25, -0.2) is 0 Å². The smallest absolute Gasteiger partial charge is 0.225 e. The van der Waals surface area contributed by atoms with Crippen molar-refractivity contribution in [2.24, 2.45) is 5.41 Å². The predicted molar refractivity (Wildman–Crippen MR) is 111 cm³/mol. The molecule has 144 valence electrons. The van der Waals surface area contributed by atoms with E-state index in [-0.39, 0.29) is 17.6 Å². The highest BCUT2D eigenvalue weighted by molar-refractivity contribution is 8.00. The number of carbonyl (C=O) groups is 3. The second-order valence-electron chi connectivity index (χ2n) is 7.12. The molecule has 0 atom stereocenters. The molecule has 0 saturated heterocycles. The highest BCUT2D eigenvalue weighted by Gasteiger charge is 2.21. The number of benzene rings is 1. The highest BCUT2D eigenvalue weighted by atomic mass is 32.2. The van der Waals surface area contributed by atoms with Crippen LogP contribution in [-0.2, 0) is 16.1 Å². The third-order valence-electron chi connectivity index (χ3n) is 3.59. The van der Waals surface area contributed by atoms with Crippen molar-refractivity contribution in [1.82, 2.24) is 5.32 Å². The molecule has 0 bridgehead atoms. The van der Waals surface area contributed by atoms with Gasteiger partial charge in [-0.2, -0.15) is 0 Å². The lowest BCUT2D eigenvalue weighted by Crippen LogP contribution is -2.34. The third-order valence-corrected chi connectivity index (χ3v) is 5.72. The molecule has 0 aliphatic carbocycles. The van der Waals surface area contributed by atoms with Crippen LogP contribution in [0.4, 0.5) is 5.69 Å². The maximum absolute atomic E-state index is 12.4. The van der Waals surface area contributed by atoms with Gasteiger partial charge in [-0.3, -0.25) is 14.4 Å². The van der Waals surface area contributed by atoms with E-state index in [1.807, 2.05) is 57.2 Å². The molecule has 0 fully saturated rings.